The number of fused-ring (bicyclic) bond motifs is 2. The zero-order valence-corrected chi connectivity index (χ0v) is 22.4. The Hall–Kier alpha value is -2.10. The summed E-state index contributed by atoms with van der Waals surface area (Å²) >= 11 is 1.53. The van der Waals surface area contributed by atoms with Crippen LogP contribution in [0.1, 0.15) is 56.4 Å². The lowest BCUT2D eigenvalue weighted by atomic mass is 9.70. The number of amides is 1. The van der Waals surface area contributed by atoms with Crippen molar-refractivity contribution >= 4 is 33.1 Å². The molecule has 0 saturated heterocycles. The first-order valence-corrected chi connectivity index (χ1v) is 15.1. The van der Waals surface area contributed by atoms with Gasteiger partial charge in [-0.25, -0.2) is 12.8 Å². The monoisotopic (exact) mass is 532 g/mol. The van der Waals surface area contributed by atoms with Crippen molar-refractivity contribution in [2.75, 3.05) is 12.3 Å². The fourth-order valence-electron chi connectivity index (χ4n) is 6.19. The van der Waals surface area contributed by atoms with Crippen LogP contribution < -0.4 is 0 Å². The van der Waals surface area contributed by atoms with Gasteiger partial charge in [0.05, 0.1) is 18.8 Å². The molecule has 0 spiro atoms. The van der Waals surface area contributed by atoms with E-state index >= 15 is 0 Å². The summed E-state index contributed by atoms with van der Waals surface area (Å²) in [6, 6.07) is 9.66. The van der Waals surface area contributed by atoms with E-state index in [1.165, 1.54) is 27.8 Å². The van der Waals surface area contributed by atoms with Gasteiger partial charge in [-0.15, -0.1) is 11.3 Å². The first-order valence-electron chi connectivity index (χ1n) is 12.6. The second-order valence-electron chi connectivity index (χ2n) is 11.2. The van der Waals surface area contributed by atoms with Crippen LogP contribution >= 0.6 is 11.3 Å². The summed E-state index contributed by atoms with van der Waals surface area (Å²) in [6.45, 7) is 4.43. The molecule has 6 nitrogen and oxygen atoms in total. The highest BCUT2D eigenvalue weighted by Gasteiger charge is 2.66. The standard InChI is InChI=1S/C27H33FN2O4S2/c1-26(2)20-11-12-27(26,24(31)14-20)18-36(33,34)30(22-9-10-22)17-25(32)29(16-23-4-3-13-35-23)15-19-5-7-21(28)8-6-19/h3-8,13,20,22H,9-12,14-18H2,1-2H3. The molecule has 194 valence electrons. The number of hydrogen-bond acceptors (Lipinski definition) is 5. The summed E-state index contributed by atoms with van der Waals surface area (Å²) in [5, 5.41) is 1.94. The molecule has 5 rings (SSSR count). The minimum absolute atomic E-state index is 0.0602. The molecule has 2 unspecified atom stereocenters. The fourth-order valence-corrected chi connectivity index (χ4v) is 9.34. The van der Waals surface area contributed by atoms with E-state index in [9.17, 15) is 22.4 Å². The average Bonchev–Trinajstić information content (AvgIpc) is 3.42. The number of sulfonamides is 1. The van der Waals surface area contributed by atoms with Gasteiger partial charge in [-0.05, 0) is 66.2 Å². The molecule has 0 aliphatic heterocycles. The van der Waals surface area contributed by atoms with Gasteiger partial charge >= 0.3 is 0 Å². The number of carbonyl (C=O) groups excluding carboxylic acids is 2. The summed E-state index contributed by atoms with van der Waals surface area (Å²) in [5.74, 6) is -0.561. The minimum atomic E-state index is -3.84. The Morgan fingerprint density at radius 1 is 1.11 bits per heavy atom. The van der Waals surface area contributed by atoms with Crippen LogP contribution in [0, 0.1) is 22.6 Å². The first-order chi connectivity index (χ1) is 17.0. The summed E-state index contributed by atoms with van der Waals surface area (Å²) in [6.07, 6.45) is 3.38. The van der Waals surface area contributed by atoms with Crippen LogP contribution in [0.5, 0.6) is 0 Å². The predicted molar refractivity (Wildman–Crippen MR) is 137 cm³/mol. The summed E-state index contributed by atoms with van der Waals surface area (Å²) in [4.78, 5) is 29.2. The van der Waals surface area contributed by atoms with Crippen LogP contribution in [0.4, 0.5) is 4.39 Å². The van der Waals surface area contributed by atoms with Gasteiger partial charge in [0.1, 0.15) is 11.6 Å². The minimum Gasteiger partial charge on any atom is -0.332 e. The summed E-state index contributed by atoms with van der Waals surface area (Å²) in [5.41, 5.74) is -0.446. The van der Waals surface area contributed by atoms with Crippen molar-refractivity contribution in [3.8, 4) is 0 Å². The molecule has 1 amide bonds. The lowest BCUT2D eigenvalue weighted by Crippen LogP contribution is -2.49. The Morgan fingerprint density at radius 3 is 2.39 bits per heavy atom. The maximum Gasteiger partial charge on any atom is 0.238 e. The van der Waals surface area contributed by atoms with Crippen molar-refractivity contribution in [1.82, 2.24) is 9.21 Å². The van der Waals surface area contributed by atoms with Crippen LogP contribution in [0.25, 0.3) is 0 Å². The van der Waals surface area contributed by atoms with Gasteiger partial charge in [0.2, 0.25) is 15.9 Å². The van der Waals surface area contributed by atoms with Crippen molar-refractivity contribution in [2.24, 2.45) is 16.7 Å². The Balaban J connectivity index is 1.37. The molecule has 1 aromatic heterocycles. The molecule has 1 heterocycles. The van der Waals surface area contributed by atoms with E-state index in [1.54, 1.807) is 17.0 Å². The van der Waals surface area contributed by atoms with Gasteiger partial charge in [-0.1, -0.05) is 32.0 Å². The highest BCUT2D eigenvalue weighted by atomic mass is 32.2. The van der Waals surface area contributed by atoms with Gasteiger partial charge in [0.15, 0.2) is 0 Å². The lowest BCUT2D eigenvalue weighted by molar-refractivity contribution is -0.132. The molecule has 0 radical (unpaired) electrons. The highest BCUT2D eigenvalue weighted by Crippen LogP contribution is 2.64. The van der Waals surface area contributed by atoms with Crippen molar-refractivity contribution in [2.45, 2.75) is 65.1 Å². The van der Waals surface area contributed by atoms with Crippen molar-refractivity contribution in [1.29, 1.82) is 0 Å². The average molecular weight is 533 g/mol. The van der Waals surface area contributed by atoms with E-state index in [0.717, 1.165) is 29.7 Å². The third-order valence-corrected chi connectivity index (χ3v) is 11.6. The smallest absolute Gasteiger partial charge is 0.238 e. The predicted octanol–water partition coefficient (Wildman–Crippen LogP) is 4.61. The highest BCUT2D eigenvalue weighted by molar-refractivity contribution is 7.89. The van der Waals surface area contributed by atoms with Crippen molar-refractivity contribution < 1.29 is 22.4 Å². The zero-order valence-electron chi connectivity index (χ0n) is 20.8. The normalized spacial score (nSPS) is 25.0. The number of thiophene rings is 1. The van der Waals surface area contributed by atoms with Crippen molar-refractivity contribution in [3.63, 3.8) is 0 Å². The third-order valence-electron chi connectivity index (χ3n) is 8.74. The Bertz CT molecular complexity index is 1240. The molecule has 3 fully saturated rings. The van der Waals surface area contributed by atoms with Gasteiger partial charge < -0.3 is 4.90 Å². The maximum absolute atomic E-state index is 13.8. The van der Waals surface area contributed by atoms with Crippen molar-refractivity contribution in [3.05, 3.63) is 58.0 Å². The zero-order chi connectivity index (χ0) is 25.7. The molecular formula is C27H33FN2O4S2. The van der Waals surface area contributed by atoms with Crippen LogP contribution in [0.2, 0.25) is 0 Å². The Kier molecular flexibility index (Phi) is 6.62. The van der Waals surface area contributed by atoms with E-state index in [1.807, 2.05) is 31.4 Å². The number of ketones is 1. The van der Waals surface area contributed by atoms with Gasteiger partial charge in [0.25, 0.3) is 0 Å². The third kappa shape index (κ3) is 4.65. The van der Waals surface area contributed by atoms with Gasteiger partial charge in [0, 0.05) is 29.3 Å². The quantitative estimate of drug-likeness (QED) is 0.448. The van der Waals surface area contributed by atoms with Gasteiger partial charge in [-0.3, -0.25) is 9.59 Å². The van der Waals surface area contributed by atoms with E-state index in [0.29, 0.717) is 19.4 Å². The largest absolute Gasteiger partial charge is 0.332 e. The molecule has 2 atom stereocenters. The SMILES string of the molecule is CC1(C)C2CCC1(CS(=O)(=O)N(CC(=O)N(Cc1ccc(F)cc1)Cc1cccs1)C1CC1)C(=O)C2. The van der Waals surface area contributed by atoms with Crippen LogP contribution in [-0.2, 0) is 32.7 Å². The molecule has 9 heteroatoms. The summed E-state index contributed by atoms with van der Waals surface area (Å²) < 4.78 is 42.4. The molecular weight excluding hydrogens is 499 g/mol. The summed E-state index contributed by atoms with van der Waals surface area (Å²) in [7, 11) is -3.84. The number of rotatable bonds is 10. The molecule has 2 aromatic rings. The molecule has 3 aliphatic carbocycles. The number of benzene rings is 1. The van der Waals surface area contributed by atoms with E-state index < -0.39 is 15.4 Å². The molecule has 36 heavy (non-hydrogen) atoms. The van der Waals surface area contributed by atoms with Crippen LogP contribution in [0.15, 0.2) is 41.8 Å². The van der Waals surface area contributed by atoms with E-state index in [4.69, 9.17) is 0 Å². The second kappa shape index (κ2) is 9.33. The Labute approximate surface area is 216 Å². The molecule has 3 aliphatic rings. The number of nitrogens with zero attached hydrogens (tertiary/aromatic N) is 2. The van der Waals surface area contributed by atoms with E-state index in [2.05, 4.69) is 0 Å². The second-order valence-corrected chi connectivity index (χ2v) is 14.1. The fraction of sp³-hybridized carbons (Fsp3) is 0.556. The maximum atomic E-state index is 13.8. The Morgan fingerprint density at radius 2 is 1.83 bits per heavy atom. The molecule has 2 bridgehead atoms. The van der Waals surface area contributed by atoms with Crippen LogP contribution in [0.3, 0.4) is 0 Å². The molecule has 1 aromatic carbocycles. The molecule has 0 N–H and O–H groups in total. The number of Topliss-reactive ketones (excluding diaryl/α,β-unsaturated/α-hetero) is 1. The topological polar surface area (TPSA) is 74.8 Å². The number of hydrogen-bond donors (Lipinski definition) is 0. The number of halogens is 1. The number of carbonyl (C=O) groups is 2. The van der Waals surface area contributed by atoms with Crippen LogP contribution in [-0.4, -0.2) is 47.7 Å². The first kappa shape index (κ1) is 25.5. The van der Waals surface area contributed by atoms with Gasteiger partial charge in [-0.2, -0.15) is 4.31 Å². The lowest BCUT2D eigenvalue weighted by Gasteiger charge is -2.38. The van der Waals surface area contributed by atoms with E-state index in [-0.39, 0.29) is 53.7 Å². The molecule has 3 saturated carbocycles.